The second kappa shape index (κ2) is 7.48. The van der Waals surface area contributed by atoms with E-state index in [0.717, 1.165) is 37.6 Å². The van der Waals surface area contributed by atoms with Crippen molar-refractivity contribution in [3.8, 4) is 0 Å². The van der Waals surface area contributed by atoms with Crippen LogP contribution in [0.1, 0.15) is 32.8 Å². The molecule has 1 fully saturated rings. The normalized spacial score (nSPS) is 23.6. The van der Waals surface area contributed by atoms with Crippen molar-refractivity contribution in [2.45, 2.75) is 45.8 Å². The molecule has 0 bridgehead atoms. The fraction of sp³-hybridized carbons (Fsp3) is 0.647. The molecule has 1 aromatic carbocycles. The van der Waals surface area contributed by atoms with Crippen LogP contribution in [-0.4, -0.2) is 43.7 Å². The zero-order chi connectivity index (χ0) is 15.4. The van der Waals surface area contributed by atoms with Crippen LogP contribution in [0.3, 0.4) is 0 Å². The molecule has 0 aromatic heterocycles. The Labute approximate surface area is 134 Å². The predicted octanol–water partition coefficient (Wildman–Crippen LogP) is 3.37. The summed E-state index contributed by atoms with van der Waals surface area (Å²) in [6.07, 6.45) is 1.16. The molecule has 0 radical (unpaired) electrons. The largest absolute Gasteiger partial charge is 0.368 e. The highest BCUT2D eigenvalue weighted by Crippen LogP contribution is 2.28. The van der Waals surface area contributed by atoms with Crippen LogP contribution >= 0.6 is 11.6 Å². The summed E-state index contributed by atoms with van der Waals surface area (Å²) in [5.41, 5.74) is 2.63. The van der Waals surface area contributed by atoms with Crippen molar-refractivity contribution in [3.05, 3.63) is 28.8 Å². The maximum Gasteiger partial charge on any atom is 0.0427 e. The molecule has 3 nitrogen and oxygen atoms in total. The third kappa shape index (κ3) is 4.12. The number of halogens is 1. The molecule has 1 N–H and O–H groups in total. The highest BCUT2D eigenvalue weighted by Gasteiger charge is 2.27. The summed E-state index contributed by atoms with van der Waals surface area (Å²) in [7, 11) is 2.22. The van der Waals surface area contributed by atoms with Crippen LogP contribution in [0.25, 0.3) is 0 Å². The van der Waals surface area contributed by atoms with Gasteiger partial charge in [-0.1, -0.05) is 24.6 Å². The monoisotopic (exact) mass is 309 g/mol. The number of nitrogens with one attached hydrogen (secondary N) is 1. The van der Waals surface area contributed by atoms with Crippen LogP contribution in [0.4, 0.5) is 5.69 Å². The lowest BCUT2D eigenvalue weighted by atomic mass is 10.1. The summed E-state index contributed by atoms with van der Waals surface area (Å²) in [4.78, 5) is 4.94. The van der Waals surface area contributed by atoms with Crippen molar-refractivity contribution >= 4 is 17.3 Å². The highest BCUT2D eigenvalue weighted by atomic mass is 35.5. The smallest absolute Gasteiger partial charge is 0.0427 e. The van der Waals surface area contributed by atoms with E-state index in [2.05, 4.69) is 55.1 Å². The summed E-state index contributed by atoms with van der Waals surface area (Å²) in [5, 5.41) is 4.32. The number of hydrogen-bond donors (Lipinski definition) is 1. The van der Waals surface area contributed by atoms with E-state index in [4.69, 9.17) is 11.6 Å². The molecular weight excluding hydrogens is 282 g/mol. The Morgan fingerprint density at radius 3 is 2.52 bits per heavy atom. The third-order valence-corrected chi connectivity index (χ3v) is 4.73. The van der Waals surface area contributed by atoms with Crippen molar-refractivity contribution in [2.75, 3.05) is 31.6 Å². The Bertz CT molecular complexity index is 451. The summed E-state index contributed by atoms with van der Waals surface area (Å²) in [5.74, 6) is 0. The first-order valence-electron chi connectivity index (χ1n) is 7.99. The van der Waals surface area contributed by atoms with Gasteiger partial charge >= 0.3 is 0 Å². The van der Waals surface area contributed by atoms with Gasteiger partial charge in [-0.25, -0.2) is 0 Å². The summed E-state index contributed by atoms with van der Waals surface area (Å²) >= 11 is 6.24. The van der Waals surface area contributed by atoms with E-state index < -0.39 is 0 Å². The van der Waals surface area contributed by atoms with Gasteiger partial charge < -0.3 is 10.2 Å². The van der Waals surface area contributed by atoms with Crippen LogP contribution < -0.4 is 10.2 Å². The molecule has 4 heteroatoms. The fourth-order valence-corrected chi connectivity index (χ4v) is 3.15. The van der Waals surface area contributed by atoms with Crippen LogP contribution in [0.5, 0.6) is 0 Å². The molecule has 2 unspecified atom stereocenters. The van der Waals surface area contributed by atoms with E-state index in [1.165, 1.54) is 11.3 Å². The van der Waals surface area contributed by atoms with Gasteiger partial charge in [0.25, 0.3) is 0 Å². The van der Waals surface area contributed by atoms with Gasteiger partial charge in [-0.2, -0.15) is 0 Å². The Balaban J connectivity index is 2.19. The molecule has 2 atom stereocenters. The summed E-state index contributed by atoms with van der Waals surface area (Å²) in [6, 6.07) is 7.40. The fourth-order valence-electron chi connectivity index (χ4n) is 2.98. The molecular formula is C17H28ClN3. The Hall–Kier alpha value is -0.770. The van der Waals surface area contributed by atoms with Crippen molar-refractivity contribution in [1.29, 1.82) is 0 Å². The highest BCUT2D eigenvalue weighted by molar-refractivity contribution is 6.30. The first kappa shape index (κ1) is 16.6. The van der Waals surface area contributed by atoms with E-state index in [0.29, 0.717) is 12.1 Å². The Kier molecular flexibility index (Phi) is 5.91. The molecule has 1 saturated heterocycles. The Morgan fingerprint density at radius 2 is 1.90 bits per heavy atom. The predicted molar refractivity (Wildman–Crippen MR) is 92.3 cm³/mol. The van der Waals surface area contributed by atoms with Crippen molar-refractivity contribution < 1.29 is 0 Å². The van der Waals surface area contributed by atoms with Crippen molar-refractivity contribution in [2.24, 2.45) is 0 Å². The third-order valence-electron chi connectivity index (χ3n) is 4.49. The van der Waals surface area contributed by atoms with Crippen molar-refractivity contribution in [3.63, 3.8) is 0 Å². The molecule has 0 aliphatic carbocycles. The van der Waals surface area contributed by atoms with E-state index in [-0.39, 0.29) is 0 Å². The molecule has 118 valence electrons. The summed E-state index contributed by atoms with van der Waals surface area (Å²) < 4.78 is 0. The van der Waals surface area contributed by atoms with Crippen molar-refractivity contribution in [1.82, 2.24) is 10.2 Å². The van der Waals surface area contributed by atoms with E-state index >= 15 is 0 Å². The number of benzene rings is 1. The number of nitrogens with zero attached hydrogens (tertiary/aromatic N) is 2. The standard InChI is InChI=1S/C17H28ClN3/c1-5-8-19-10-15-6-7-16(18)9-17(15)21-11-13(2)20(4)14(3)12-21/h6-7,9,13-14,19H,5,8,10-12H2,1-4H3. The summed E-state index contributed by atoms with van der Waals surface area (Å²) in [6.45, 7) is 10.9. The Morgan fingerprint density at radius 1 is 1.24 bits per heavy atom. The van der Waals surface area contributed by atoms with Crippen LogP contribution in [-0.2, 0) is 6.54 Å². The topological polar surface area (TPSA) is 18.5 Å². The zero-order valence-electron chi connectivity index (χ0n) is 13.7. The quantitative estimate of drug-likeness (QED) is 0.841. The average molecular weight is 310 g/mol. The van der Waals surface area contributed by atoms with E-state index in [1.807, 2.05) is 6.07 Å². The first-order valence-corrected chi connectivity index (χ1v) is 8.36. The molecule has 21 heavy (non-hydrogen) atoms. The number of piperazine rings is 1. The maximum absolute atomic E-state index is 6.24. The van der Waals surface area contributed by atoms with Gasteiger partial charge in [0.1, 0.15) is 0 Å². The molecule has 2 rings (SSSR count). The molecule has 0 saturated carbocycles. The minimum absolute atomic E-state index is 0.559. The van der Waals surface area contributed by atoms with Crippen LogP contribution in [0.15, 0.2) is 18.2 Å². The van der Waals surface area contributed by atoms with Gasteiger partial charge in [0, 0.05) is 42.4 Å². The van der Waals surface area contributed by atoms with Crippen LogP contribution in [0.2, 0.25) is 5.02 Å². The van der Waals surface area contributed by atoms with Gasteiger partial charge in [0.05, 0.1) is 0 Å². The molecule has 1 aliphatic rings. The van der Waals surface area contributed by atoms with Gasteiger partial charge in [-0.3, -0.25) is 4.90 Å². The SMILES string of the molecule is CCCNCc1ccc(Cl)cc1N1CC(C)N(C)C(C)C1. The zero-order valence-corrected chi connectivity index (χ0v) is 14.5. The van der Waals surface area contributed by atoms with Gasteiger partial charge in [0.2, 0.25) is 0 Å². The first-order chi connectivity index (χ1) is 10.0. The lowest BCUT2D eigenvalue weighted by molar-refractivity contribution is 0.170. The molecule has 1 aliphatic heterocycles. The minimum atomic E-state index is 0.559. The van der Waals surface area contributed by atoms with Gasteiger partial charge in [0.15, 0.2) is 0 Å². The molecule has 0 spiro atoms. The minimum Gasteiger partial charge on any atom is -0.368 e. The lowest BCUT2D eigenvalue weighted by Gasteiger charge is -2.44. The second-order valence-electron chi connectivity index (χ2n) is 6.22. The lowest BCUT2D eigenvalue weighted by Crippen LogP contribution is -2.55. The number of hydrogen-bond acceptors (Lipinski definition) is 3. The number of anilines is 1. The van der Waals surface area contributed by atoms with E-state index in [9.17, 15) is 0 Å². The van der Waals surface area contributed by atoms with Crippen LogP contribution in [0, 0.1) is 0 Å². The maximum atomic E-state index is 6.24. The van der Waals surface area contributed by atoms with Gasteiger partial charge in [-0.05, 0) is 51.6 Å². The molecule has 1 heterocycles. The molecule has 0 amide bonds. The van der Waals surface area contributed by atoms with Gasteiger partial charge in [-0.15, -0.1) is 0 Å². The van der Waals surface area contributed by atoms with E-state index in [1.54, 1.807) is 0 Å². The number of rotatable bonds is 5. The second-order valence-corrected chi connectivity index (χ2v) is 6.65. The number of likely N-dealkylation sites (N-methyl/N-ethyl adjacent to an activating group) is 1. The molecule has 1 aromatic rings. The average Bonchev–Trinajstić information content (AvgIpc) is 2.46.